The lowest BCUT2D eigenvalue weighted by Gasteiger charge is -2.29. The number of benzene rings is 6. The standard InChI is InChI=1S/C56H63ClN2O/c1-35-27-50(52(57)51(28-35)60-45-24-19-39(20-25-45)54(5,6)7)58(42-21-17-38(18-22-42)53(2,3)4)43-23-26-46-47-29-36-15-14-16-37(36)30-48(47)59(49(46)34-43)44-32-40(55(8,9)10)31-41(33-44)56(11,12)13/h17-34H,14-16H2,1-13H3. The van der Waals surface area contributed by atoms with Gasteiger partial charge in [-0.05, 0) is 160 Å². The van der Waals surface area contributed by atoms with Crippen LogP contribution >= 0.6 is 11.6 Å². The van der Waals surface area contributed by atoms with Gasteiger partial charge in [0.1, 0.15) is 16.5 Å². The molecule has 0 saturated carbocycles. The Kier molecular flexibility index (Phi) is 10.3. The quantitative estimate of drug-likeness (QED) is 0.166. The summed E-state index contributed by atoms with van der Waals surface area (Å²) in [5.41, 5.74) is 15.8. The molecule has 0 aliphatic heterocycles. The highest BCUT2D eigenvalue weighted by molar-refractivity contribution is 6.35. The molecule has 1 aliphatic rings. The molecule has 0 saturated heterocycles. The van der Waals surface area contributed by atoms with Gasteiger partial charge in [-0.2, -0.15) is 0 Å². The molecule has 0 spiro atoms. The average molecular weight is 816 g/mol. The van der Waals surface area contributed by atoms with Crippen molar-refractivity contribution < 1.29 is 4.74 Å². The van der Waals surface area contributed by atoms with Gasteiger partial charge in [0.2, 0.25) is 0 Å². The molecule has 8 rings (SSSR count). The predicted molar refractivity (Wildman–Crippen MR) is 259 cm³/mol. The van der Waals surface area contributed by atoms with E-state index in [1.807, 2.05) is 18.2 Å². The fraction of sp³-hybridized carbons (Fsp3) is 0.357. The molecule has 0 fully saturated rings. The Bertz CT molecular complexity index is 2710. The summed E-state index contributed by atoms with van der Waals surface area (Å²) >= 11 is 7.55. The van der Waals surface area contributed by atoms with Gasteiger partial charge in [-0.3, -0.25) is 0 Å². The third-order valence-electron chi connectivity index (χ3n) is 12.5. The molecule has 1 aromatic heterocycles. The molecule has 7 aromatic rings. The van der Waals surface area contributed by atoms with Crippen LogP contribution in [0.15, 0.2) is 109 Å². The lowest BCUT2D eigenvalue weighted by Crippen LogP contribution is -2.17. The highest BCUT2D eigenvalue weighted by Gasteiger charge is 2.26. The normalized spacial score (nSPS) is 13.6. The van der Waals surface area contributed by atoms with Crippen LogP contribution in [0, 0.1) is 6.92 Å². The first-order valence-corrected chi connectivity index (χ1v) is 22.2. The second kappa shape index (κ2) is 14.9. The van der Waals surface area contributed by atoms with Gasteiger partial charge in [0.25, 0.3) is 0 Å². The maximum Gasteiger partial charge on any atom is 0.148 e. The Morgan fingerprint density at radius 1 is 0.517 bits per heavy atom. The lowest BCUT2D eigenvalue weighted by atomic mass is 9.80. The number of aryl methyl sites for hydroxylation is 3. The lowest BCUT2D eigenvalue weighted by molar-refractivity contribution is 0.481. The zero-order chi connectivity index (χ0) is 43.1. The average Bonchev–Trinajstić information content (AvgIpc) is 3.76. The zero-order valence-electron chi connectivity index (χ0n) is 38.2. The molecule has 0 unspecified atom stereocenters. The van der Waals surface area contributed by atoms with Crippen molar-refractivity contribution in [2.45, 2.75) is 131 Å². The van der Waals surface area contributed by atoms with Crippen molar-refractivity contribution >= 4 is 50.5 Å². The van der Waals surface area contributed by atoms with Crippen LogP contribution < -0.4 is 9.64 Å². The van der Waals surface area contributed by atoms with Crippen molar-refractivity contribution in [2.24, 2.45) is 0 Å². The molecule has 6 aromatic carbocycles. The second-order valence-electron chi connectivity index (χ2n) is 21.4. The Hall–Kier alpha value is -4.99. The van der Waals surface area contributed by atoms with E-state index >= 15 is 0 Å². The Labute approximate surface area is 364 Å². The smallest absolute Gasteiger partial charge is 0.148 e. The van der Waals surface area contributed by atoms with Crippen molar-refractivity contribution in [1.29, 1.82) is 0 Å². The highest BCUT2D eigenvalue weighted by atomic mass is 35.5. The van der Waals surface area contributed by atoms with E-state index in [0.717, 1.165) is 41.2 Å². The molecule has 310 valence electrons. The van der Waals surface area contributed by atoms with Crippen LogP contribution in [0.3, 0.4) is 0 Å². The number of nitrogens with zero attached hydrogens (tertiary/aromatic N) is 2. The van der Waals surface area contributed by atoms with Crippen molar-refractivity contribution in [3.8, 4) is 17.2 Å². The fourth-order valence-electron chi connectivity index (χ4n) is 8.74. The number of ether oxygens (including phenoxy) is 1. The van der Waals surface area contributed by atoms with E-state index in [4.69, 9.17) is 16.3 Å². The Morgan fingerprint density at radius 3 is 1.60 bits per heavy atom. The van der Waals surface area contributed by atoms with Gasteiger partial charge in [0.05, 0.1) is 16.7 Å². The minimum atomic E-state index is -0.0203. The van der Waals surface area contributed by atoms with Crippen molar-refractivity contribution in [3.63, 3.8) is 0 Å². The van der Waals surface area contributed by atoms with Crippen molar-refractivity contribution in [3.05, 3.63) is 153 Å². The number of halogens is 1. The maximum atomic E-state index is 7.55. The summed E-state index contributed by atoms with van der Waals surface area (Å²) < 4.78 is 9.16. The number of hydrogen-bond acceptors (Lipinski definition) is 2. The molecule has 0 radical (unpaired) electrons. The second-order valence-corrected chi connectivity index (χ2v) is 21.8. The van der Waals surface area contributed by atoms with E-state index < -0.39 is 0 Å². The minimum Gasteiger partial charge on any atom is -0.456 e. The monoisotopic (exact) mass is 814 g/mol. The molecular weight excluding hydrogens is 752 g/mol. The number of rotatable bonds is 6. The Balaban J connectivity index is 1.37. The first kappa shape index (κ1) is 41.7. The first-order valence-electron chi connectivity index (χ1n) is 21.8. The van der Waals surface area contributed by atoms with Crippen LogP contribution in [0.2, 0.25) is 5.02 Å². The summed E-state index contributed by atoms with van der Waals surface area (Å²) in [4.78, 5) is 2.31. The first-order chi connectivity index (χ1) is 28.1. The summed E-state index contributed by atoms with van der Waals surface area (Å²) in [5, 5.41) is 3.12. The fourth-order valence-corrected chi connectivity index (χ4v) is 8.97. The molecule has 1 aliphatic carbocycles. The van der Waals surface area contributed by atoms with Crippen LogP contribution in [0.1, 0.15) is 128 Å². The van der Waals surface area contributed by atoms with Crippen LogP contribution in [-0.2, 0) is 34.5 Å². The number of anilines is 3. The van der Waals surface area contributed by atoms with Gasteiger partial charge < -0.3 is 14.2 Å². The van der Waals surface area contributed by atoms with Crippen LogP contribution in [0.25, 0.3) is 27.5 Å². The molecule has 60 heavy (non-hydrogen) atoms. The third kappa shape index (κ3) is 7.98. The zero-order valence-corrected chi connectivity index (χ0v) is 39.0. The van der Waals surface area contributed by atoms with Crippen LogP contribution in [0.5, 0.6) is 11.5 Å². The predicted octanol–water partition coefficient (Wildman–Crippen LogP) is 16.7. The molecular formula is C56H63ClN2O. The van der Waals surface area contributed by atoms with Gasteiger partial charge in [-0.25, -0.2) is 0 Å². The maximum absolute atomic E-state index is 7.55. The van der Waals surface area contributed by atoms with E-state index in [1.165, 1.54) is 67.3 Å². The SMILES string of the molecule is Cc1cc(Oc2ccc(C(C)(C)C)cc2)c(Cl)c(N(c2ccc(C(C)(C)C)cc2)c2ccc3c4cc5c(cc4n(-c4cc(C(C)(C)C)cc(C(C)(C)C)c4)c3c2)CCC5)c1. The van der Waals surface area contributed by atoms with Gasteiger partial charge in [-0.1, -0.05) is 131 Å². The summed E-state index contributed by atoms with van der Waals surface area (Å²) in [6.45, 7) is 29.5. The Morgan fingerprint density at radius 2 is 1.03 bits per heavy atom. The highest BCUT2D eigenvalue weighted by Crippen LogP contribution is 2.47. The van der Waals surface area contributed by atoms with Crippen LogP contribution in [0.4, 0.5) is 17.1 Å². The van der Waals surface area contributed by atoms with Crippen LogP contribution in [-0.4, -0.2) is 4.57 Å². The molecule has 0 bridgehead atoms. The molecule has 3 nitrogen and oxygen atoms in total. The van der Waals surface area contributed by atoms with Gasteiger partial charge >= 0.3 is 0 Å². The van der Waals surface area contributed by atoms with E-state index in [-0.39, 0.29) is 21.7 Å². The van der Waals surface area contributed by atoms with E-state index in [9.17, 15) is 0 Å². The molecule has 4 heteroatoms. The third-order valence-corrected chi connectivity index (χ3v) is 12.9. The number of aromatic nitrogens is 1. The van der Waals surface area contributed by atoms with Gasteiger partial charge in [0, 0.05) is 27.8 Å². The largest absolute Gasteiger partial charge is 0.456 e. The number of hydrogen-bond donors (Lipinski definition) is 0. The van der Waals surface area contributed by atoms with Crippen molar-refractivity contribution in [1.82, 2.24) is 4.57 Å². The van der Waals surface area contributed by atoms with Crippen molar-refractivity contribution in [2.75, 3.05) is 4.90 Å². The molecule has 0 N–H and O–H groups in total. The van der Waals surface area contributed by atoms with Gasteiger partial charge in [-0.15, -0.1) is 0 Å². The van der Waals surface area contributed by atoms with E-state index in [0.29, 0.717) is 10.8 Å². The summed E-state index contributed by atoms with van der Waals surface area (Å²) in [6, 6.07) is 40.8. The topological polar surface area (TPSA) is 17.4 Å². The number of fused-ring (bicyclic) bond motifs is 4. The minimum absolute atomic E-state index is 0.0154. The van der Waals surface area contributed by atoms with E-state index in [1.54, 1.807) is 0 Å². The molecule has 1 heterocycles. The molecule has 0 amide bonds. The summed E-state index contributed by atoms with van der Waals surface area (Å²) in [7, 11) is 0. The molecule has 0 atom stereocenters. The summed E-state index contributed by atoms with van der Waals surface area (Å²) in [6.07, 6.45) is 3.48. The van der Waals surface area contributed by atoms with E-state index in [2.05, 4.69) is 190 Å². The summed E-state index contributed by atoms with van der Waals surface area (Å²) in [5.74, 6) is 1.39. The van der Waals surface area contributed by atoms with Gasteiger partial charge in [0.15, 0.2) is 0 Å².